The standard InChI is InChI=1S/C7H12N2OS/c1-6-9-7(5-11-6)4-8-2-3-10/h5,8,10H,2-4H2,1H3. The molecule has 62 valence electrons. The first kappa shape index (κ1) is 8.64. The van der Waals surface area contributed by atoms with E-state index in [0.717, 1.165) is 17.2 Å². The molecule has 11 heavy (non-hydrogen) atoms. The van der Waals surface area contributed by atoms with Crippen LogP contribution in [0.3, 0.4) is 0 Å². The molecule has 0 aromatic carbocycles. The molecule has 1 heterocycles. The van der Waals surface area contributed by atoms with E-state index in [9.17, 15) is 0 Å². The Hall–Kier alpha value is -0.450. The predicted octanol–water partition coefficient (Wildman–Crippen LogP) is 0.533. The molecular weight excluding hydrogens is 160 g/mol. The Morgan fingerprint density at radius 1 is 1.73 bits per heavy atom. The SMILES string of the molecule is Cc1nc(CNCCO)cs1. The Labute approximate surface area is 70.1 Å². The first-order valence-electron chi connectivity index (χ1n) is 3.55. The van der Waals surface area contributed by atoms with Crippen LogP contribution in [0.4, 0.5) is 0 Å². The van der Waals surface area contributed by atoms with Gasteiger partial charge < -0.3 is 10.4 Å². The lowest BCUT2D eigenvalue weighted by molar-refractivity contribution is 0.291. The number of thiazole rings is 1. The van der Waals surface area contributed by atoms with Crippen LogP contribution in [0.2, 0.25) is 0 Å². The van der Waals surface area contributed by atoms with Crippen molar-refractivity contribution in [1.82, 2.24) is 10.3 Å². The molecule has 3 nitrogen and oxygen atoms in total. The molecule has 0 fully saturated rings. The minimum Gasteiger partial charge on any atom is -0.395 e. The predicted molar refractivity (Wildman–Crippen MR) is 45.6 cm³/mol. The van der Waals surface area contributed by atoms with Crippen LogP contribution < -0.4 is 5.32 Å². The molecule has 0 amide bonds. The van der Waals surface area contributed by atoms with Gasteiger partial charge in [0.05, 0.1) is 17.3 Å². The van der Waals surface area contributed by atoms with Crippen molar-refractivity contribution in [3.8, 4) is 0 Å². The van der Waals surface area contributed by atoms with E-state index in [-0.39, 0.29) is 6.61 Å². The van der Waals surface area contributed by atoms with Gasteiger partial charge in [0.2, 0.25) is 0 Å². The average molecular weight is 172 g/mol. The largest absolute Gasteiger partial charge is 0.395 e. The van der Waals surface area contributed by atoms with Gasteiger partial charge in [-0.2, -0.15) is 0 Å². The molecule has 0 radical (unpaired) electrons. The highest BCUT2D eigenvalue weighted by molar-refractivity contribution is 7.09. The van der Waals surface area contributed by atoms with Crippen molar-refractivity contribution in [3.05, 3.63) is 16.1 Å². The Balaban J connectivity index is 2.27. The molecule has 0 aliphatic heterocycles. The van der Waals surface area contributed by atoms with Crippen LogP contribution in [0.15, 0.2) is 5.38 Å². The second-order valence-electron chi connectivity index (χ2n) is 2.26. The number of hydrogen-bond acceptors (Lipinski definition) is 4. The van der Waals surface area contributed by atoms with Gasteiger partial charge in [-0.05, 0) is 6.92 Å². The van der Waals surface area contributed by atoms with Crippen molar-refractivity contribution in [2.24, 2.45) is 0 Å². The molecule has 0 saturated carbocycles. The second-order valence-corrected chi connectivity index (χ2v) is 3.32. The molecule has 0 atom stereocenters. The Morgan fingerprint density at radius 3 is 3.09 bits per heavy atom. The Bertz CT molecular complexity index is 212. The number of aromatic nitrogens is 1. The molecule has 1 aromatic rings. The van der Waals surface area contributed by atoms with Gasteiger partial charge >= 0.3 is 0 Å². The first-order chi connectivity index (χ1) is 5.33. The summed E-state index contributed by atoms with van der Waals surface area (Å²) in [6, 6.07) is 0. The van der Waals surface area contributed by atoms with Crippen LogP contribution in [0, 0.1) is 6.92 Å². The lowest BCUT2D eigenvalue weighted by Gasteiger charge is -1.97. The summed E-state index contributed by atoms with van der Waals surface area (Å²) >= 11 is 1.65. The highest BCUT2D eigenvalue weighted by atomic mass is 32.1. The monoisotopic (exact) mass is 172 g/mol. The lowest BCUT2D eigenvalue weighted by atomic mass is 10.5. The van der Waals surface area contributed by atoms with Gasteiger partial charge in [-0.3, -0.25) is 0 Å². The summed E-state index contributed by atoms with van der Waals surface area (Å²) < 4.78 is 0. The van der Waals surface area contributed by atoms with E-state index in [0.29, 0.717) is 6.54 Å². The molecule has 1 aromatic heterocycles. The van der Waals surface area contributed by atoms with Gasteiger partial charge in [0.15, 0.2) is 0 Å². The van der Waals surface area contributed by atoms with E-state index in [1.54, 1.807) is 11.3 Å². The maximum absolute atomic E-state index is 8.47. The zero-order valence-electron chi connectivity index (χ0n) is 6.50. The van der Waals surface area contributed by atoms with Gasteiger partial charge in [-0.15, -0.1) is 11.3 Å². The van der Waals surface area contributed by atoms with Crippen LogP contribution >= 0.6 is 11.3 Å². The third-order valence-electron chi connectivity index (χ3n) is 1.26. The summed E-state index contributed by atoms with van der Waals surface area (Å²) in [6.07, 6.45) is 0. The van der Waals surface area contributed by atoms with Crippen LogP contribution in [-0.4, -0.2) is 23.2 Å². The molecule has 0 aliphatic carbocycles. The van der Waals surface area contributed by atoms with Gasteiger partial charge in [-0.25, -0.2) is 4.98 Å². The number of aliphatic hydroxyl groups is 1. The maximum atomic E-state index is 8.47. The summed E-state index contributed by atoms with van der Waals surface area (Å²) in [4.78, 5) is 4.26. The highest BCUT2D eigenvalue weighted by Gasteiger charge is 1.95. The number of rotatable bonds is 4. The van der Waals surface area contributed by atoms with Gasteiger partial charge in [0, 0.05) is 18.5 Å². The number of aryl methyl sites for hydroxylation is 1. The average Bonchev–Trinajstić information content (AvgIpc) is 2.37. The maximum Gasteiger partial charge on any atom is 0.0897 e. The lowest BCUT2D eigenvalue weighted by Crippen LogP contribution is -2.17. The number of nitrogens with one attached hydrogen (secondary N) is 1. The molecule has 0 aliphatic rings. The van der Waals surface area contributed by atoms with Crippen molar-refractivity contribution in [1.29, 1.82) is 0 Å². The molecule has 4 heteroatoms. The van der Waals surface area contributed by atoms with Crippen LogP contribution in [0.5, 0.6) is 0 Å². The highest BCUT2D eigenvalue weighted by Crippen LogP contribution is 2.06. The first-order valence-corrected chi connectivity index (χ1v) is 4.43. The fourth-order valence-corrected chi connectivity index (χ4v) is 1.40. The van der Waals surface area contributed by atoms with Gasteiger partial charge in [0.1, 0.15) is 0 Å². The van der Waals surface area contributed by atoms with Crippen molar-refractivity contribution < 1.29 is 5.11 Å². The van der Waals surface area contributed by atoms with Gasteiger partial charge in [0.25, 0.3) is 0 Å². The molecule has 0 unspecified atom stereocenters. The quantitative estimate of drug-likeness (QED) is 0.651. The van der Waals surface area contributed by atoms with E-state index in [4.69, 9.17) is 5.11 Å². The summed E-state index contributed by atoms with van der Waals surface area (Å²) in [5.74, 6) is 0. The molecule has 0 spiro atoms. The van der Waals surface area contributed by atoms with E-state index < -0.39 is 0 Å². The van der Waals surface area contributed by atoms with Crippen molar-refractivity contribution in [3.63, 3.8) is 0 Å². The number of hydrogen-bond donors (Lipinski definition) is 2. The summed E-state index contributed by atoms with van der Waals surface area (Å²) in [6.45, 7) is 3.56. The summed E-state index contributed by atoms with van der Waals surface area (Å²) in [5, 5.41) is 14.6. The Kier molecular flexibility index (Phi) is 3.48. The van der Waals surface area contributed by atoms with E-state index in [1.165, 1.54) is 0 Å². The molecule has 0 saturated heterocycles. The topological polar surface area (TPSA) is 45.2 Å². The molecule has 1 rings (SSSR count). The van der Waals surface area contributed by atoms with Crippen molar-refractivity contribution >= 4 is 11.3 Å². The normalized spacial score (nSPS) is 10.4. The minimum absolute atomic E-state index is 0.184. The number of aliphatic hydroxyl groups excluding tert-OH is 1. The fraction of sp³-hybridized carbons (Fsp3) is 0.571. The van der Waals surface area contributed by atoms with Crippen molar-refractivity contribution in [2.75, 3.05) is 13.2 Å². The van der Waals surface area contributed by atoms with Crippen LogP contribution in [-0.2, 0) is 6.54 Å². The zero-order chi connectivity index (χ0) is 8.10. The van der Waals surface area contributed by atoms with Gasteiger partial charge in [-0.1, -0.05) is 0 Å². The van der Waals surface area contributed by atoms with Crippen LogP contribution in [0.1, 0.15) is 10.7 Å². The molecule has 0 bridgehead atoms. The third kappa shape index (κ3) is 2.96. The Morgan fingerprint density at radius 2 is 2.55 bits per heavy atom. The minimum atomic E-state index is 0.184. The fourth-order valence-electron chi connectivity index (χ4n) is 0.785. The smallest absolute Gasteiger partial charge is 0.0897 e. The van der Waals surface area contributed by atoms with Crippen LogP contribution in [0.25, 0.3) is 0 Å². The number of nitrogens with zero attached hydrogens (tertiary/aromatic N) is 1. The van der Waals surface area contributed by atoms with Crippen molar-refractivity contribution in [2.45, 2.75) is 13.5 Å². The molecule has 2 N–H and O–H groups in total. The molecular formula is C7H12N2OS. The second kappa shape index (κ2) is 4.43. The third-order valence-corrected chi connectivity index (χ3v) is 2.08. The van der Waals surface area contributed by atoms with E-state index >= 15 is 0 Å². The summed E-state index contributed by atoms with van der Waals surface area (Å²) in [5.41, 5.74) is 1.06. The van der Waals surface area contributed by atoms with E-state index in [1.807, 2.05) is 12.3 Å². The summed E-state index contributed by atoms with van der Waals surface area (Å²) in [7, 11) is 0. The van der Waals surface area contributed by atoms with E-state index in [2.05, 4.69) is 10.3 Å². The zero-order valence-corrected chi connectivity index (χ0v) is 7.32.